The van der Waals surface area contributed by atoms with Gasteiger partial charge in [-0.05, 0) is 40.7 Å². The minimum absolute atomic E-state index is 0.204. The Bertz CT molecular complexity index is 542. The second-order valence-electron chi connectivity index (χ2n) is 5.93. The van der Waals surface area contributed by atoms with Crippen LogP contribution in [0.15, 0.2) is 30.3 Å². The van der Waals surface area contributed by atoms with Crippen LogP contribution >= 0.6 is 0 Å². The van der Waals surface area contributed by atoms with Crippen molar-refractivity contribution in [1.29, 1.82) is 0 Å². The highest BCUT2D eigenvalue weighted by atomic mass is 14.2. The first kappa shape index (κ1) is 12.2. The third kappa shape index (κ3) is 2.22. The quantitative estimate of drug-likeness (QED) is 0.641. The lowest BCUT2D eigenvalue weighted by Crippen LogP contribution is -2.12. The van der Waals surface area contributed by atoms with Gasteiger partial charge in [-0.3, -0.25) is 0 Å². The van der Waals surface area contributed by atoms with Crippen molar-refractivity contribution in [2.24, 2.45) is 0 Å². The average Bonchev–Trinajstić information content (AvgIpc) is 2.25. The summed E-state index contributed by atoms with van der Waals surface area (Å²) in [6.07, 6.45) is 1.10. The zero-order valence-electron chi connectivity index (χ0n) is 11.6. The van der Waals surface area contributed by atoms with Crippen LogP contribution in [-0.4, -0.2) is 0 Å². The molecule has 0 heteroatoms. The molecule has 0 N–H and O–H groups in total. The van der Waals surface area contributed by atoms with E-state index in [0.717, 1.165) is 6.42 Å². The number of aryl methyl sites for hydroxylation is 2. The van der Waals surface area contributed by atoms with Gasteiger partial charge in [0, 0.05) is 0 Å². The van der Waals surface area contributed by atoms with Crippen LogP contribution in [0.25, 0.3) is 10.8 Å². The molecule has 0 saturated carbocycles. The summed E-state index contributed by atoms with van der Waals surface area (Å²) in [4.78, 5) is 0. The third-order valence-corrected chi connectivity index (χ3v) is 3.40. The normalized spacial score (nSPS) is 12.1. The lowest BCUT2D eigenvalue weighted by Gasteiger charge is -2.23. The van der Waals surface area contributed by atoms with Crippen molar-refractivity contribution in [3.8, 4) is 0 Å². The van der Waals surface area contributed by atoms with Crippen LogP contribution in [0.2, 0.25) is 0 Å². The molecule has 0 saturated heterocycles. The Labute approximate surface area is 105 Å². The first-order chi connectivity index (χ1) is 7.93. The van der Waals surface area contributed by atoms with Gasteiger partial charge in [0.25, 0.3) is 0 Å². The maximum atomic E-state index is 2.35. The molecule has 0 aliphatic heterocycles. The Hall–Kier alpha value is -1.30. The van der Waals surface area contributed by atoms with Crippen molar-refractivity contribution in [2.45, 2.75) is 46.5 Å². The topological polar surface area (TPSA) is 0 Å². The van der Waals surface area contributed by atoms with Gasteiger partial charge in [0.15, 0.2) is 0 Å². The van der Waals surface area contributed by atoms with Crippen LogP contribution in [0.1, 0.15) is 44.4 Å². The first-order valence-corrected chi connectivity index (χ1v) is 6.46. The molecule has 0 heterocycles. The molecule has 0 radical (unpaired) electrons. The van der Waals surface area contributed by atoms with Crippen LogP contribution in [0.5, 0.6) is 0 Å². The van der Waals surface area contributed by atoms with Crippen molar-refractivity contribution in [3.05, 3.63) is 47.0 Å². The van der Waals surface area contributed by atoms with Crippen LogP contribution < -0.4 is 0 Å². The van der Waals surface area contributed by atoms with E-state index >= 15 is 0 Å². The highest BCUT2D eigenvalue weighted by Gasteiger charge is 2.18. The lowest BCUT2D eigenvalue weighted by molar-refractivity contribution is 0.595. The van der Waals surface area contributed by atoms with Crippen molar-refractivity contribution in [1.82, 2.24) is 0 Å². The monoisotopic (exact) mass is 226 g/mol. The van der Waals surface area contributed by atoms with Crippen LogP contribution in [0, 0.1) is 6.92 Å². The van der Waals surface area contributed by atoms with Crippen molar-refractivity contribution in [3.63, 3.8) is 0 Å². The molecule has 2 aromatic carbocycles. The van der Waals surface area contributed by atoms with E-state index in [1.54, 1.807) is 0 Å². The minimum atomic E-state index is 0.204. The van der Waals surface area contributed by atoms with Crippen molar-refractivity contribution < 1.29 is 0 Å². The van der Waals surface area contributed by atoms with Gasteiger partial charge in [-0.15, -0.1) is 0 Å². The van der Waals surface area contributed by atoms with Gasteiger partial charge in [0.2, 0.25) is 0 Å². The summed E-state index contributed by atoms with van der Waals surface area (Å²) >= 11 is 0. The summed E-state index contributed by atoms with van der Waals surface area (Å²) in [6.45, 7) is 11.3. The SMILES string of the molecule is CCc1cccc2cc(C)cc(C(C)(C)C)c12. The number of hydrogen-bond acceptors (Lipinski definition) is 0. The van der Waals surface area contributed by atoms with E-state index in [1.165, 1.54) is 27.5 Å². The Morgan fingerprint density at radius 2 is 1.76 bits per heavy atom. The molecule has 0 atom stereocenters. The second-order valence-corrected chi connectivity index (χ2v) is 5.93. The zero-order valence-corrected chi connectivity index (χ0v) is 11.6. The maximum Gasteiger partial charge on any atom is -0.0114 e. The number of rotatable bonds is 1. The van der Waals surface area contributed by atoms with Gasteiger partial charge < -0.3 is 0 Å². The molecule has 0 aliphatic rings. The predicted molar refractivity (Wildman–Crippen MR) is 76.8 cm³/mol. The lowest BCUT2D eigenvalue weighted by atomic mass is 9.81. The van der Waals surface area contributed by atoms with E-state index in [9.17, 15) is 0 Å². The van der Waals surface area contributed by atoms with Crippen molar-refractivity contribution >= 4 is 10.8 Å². The molecule has 0 amide bonds. The molecule has 2 aromatic rings. The summed E-state index contributed by atoms with van der Waals surface area (Å²) in [5.41, 5.74) is 4.50. The molecule has 0 fully saturated rings. The Balaban J connectivity index is 2.89. The van der Waals surface area contributed by atoms with Gasteiger partial charge >= 0.3 is 0 Å². The van der Waals surface area contributed by atoms with E-state index in [2.05, 4.69) is 65.0 Å². The summed E-state index contributed by atoms with van der Waals surface area (Å²) in [6, 6.07) is 11.3. The van der Waals surface area contributed by atoms with Crippen LogP contribution in [0.3, 0.4) is 0 Å². The first-order valence-electron chi connectivity index (χ1n) is 6.46. The molecule has 0 unspecified atom stereocenters. The number of hydrogen-bond donors (Lipinski definition) is 0. The Kier molecular flexibility index (Phi) is 2.99. The van der Waals surface area contributed by atoms with Gasteiger partial charge in [-0.25, -0.2) is 0 Å². The molecule has 0 nitrogen and oxygen atoms in total. The van der Waals surface area contributed by atoms with Gasteiger partial charge in [-0.2, -0.15) is 0 Å². The van der Waals surface area contributed by atoms with Gasteiger partial charge in [0.1, 0.15) is 0 Å². The van der Waals surface area contributed by atoms with E-state index < -0.39 is 0 Å². The summed E-state index contributed by atoms with van der Waals surface area (Å²) in [5.74, 6) is 0. The summed E-state index contributed by atoms with van der Waals surface area (Å²) in [5, 5.41) is 2.85. The summed E-state index contributed by atoms with van der Waals surface area (Å²) in [7, 11) is 0. The van der Waals surface area contributed by atoms with Crippen molar-refractivity contribution in [2.75, 3.05) is 0 Å². The largest absolute Gasteiger partial charge is 0.0614 e. The molecule has 0 spiro atoms. The van der Waals surface area contributed by atoms with E-state index in [-0.39, 0.29) is 5.41 Å². The van der Waals surface area contributed by atoms with E-state index in [1.807, 2.05) is 0 Å². The molecule has 17 heavy (non-hydrogen) atoms. The summed E-state index contributed by atoms with van der Waals surface area (Å²) < 4.78 is 0. The van der Waals surface area contributed by atoms with E-state index in [4.69, 9.17) is 0 Å². The molecule has 90 valence electrons. The fraction of sp³-hybridized carbons (Fsp3) is 0.412. The fourth-order valence-electron chi connectivity index (χ4n) is 2.54. The third-order valence-electron chi connectivity index (χ3n) is 3.40. The zero-order chi connectivity index (χ0) is 12.6. The molecule has 2 rings (SSSR count). The number of fused-ring (bicyclic) bond motifs is 1. The standard InChI is InChI=1S/C17H22/c1-6-13-8-7-9-14-10-12(2)11-15(16(13)14)17(3,4)5/h7-11H,6H2,1-5H3. The van der Waals surface area contributed by atoms with Crippen LogP contribution in [0.4, 0.5) is 0 Å². The smallest absolute Gasteiger partial charge is 0.0114 e. The fourth-order valence-corrected chi connectivity index (χ4v) is 2.54. The number of benzene rings is 2. The molecule has 0 bridgehead atoms. The highest BCUT2D eigenvalue weighted by Crippen LogP contribution is 2.33. The van der Waals surface area contributed by atoms with E-state index in [0.29, 0.717) is 0 Å². The highest BCUT2D eigenvalue weighted by molar-refractivity contribution is 5.90. The molecular formula is C17H22. The molecule has 0 aliphatic carbocycles. The Morgan fingerprint density at radius 3 is 2.35 bits per heavy atom. The van der Waals surface area contributed by atoms with Gasteiger partial charge in [0.05, 0.1) is 0 Å². The average molecular weight is 226 g/mol. The van der Waals surface area contributed by atoms with Crippen LogP contribution in [-0.2, 0) is 11.8 Å². The maximum absolute atomic E-state index is 2.35. The predicted octanol–water partition coefficient (Wildman–Crippen LogP) is 5.01. The molecule has 0 aromatic heterocycles. The van der Waals surface area contributed by atoms with Gasteiger partial charge in [-0.1, -0.05) is 63.6 Å². The minimum Gasteiger partial charge on any atom is -0.0614 e. The molecular weight excluding hydrogens is 204 g/mol. The Morgan fingerprint density at radius 1 is 1.06 bits per heavy atom. The second kappa shape index (κ2) is 4.18.